The van der Waals surface area contributed by atoms with Gasteiger partial charge in [-0.15, -0.1) is 0 Å². The van der Waals surface area contributed by atoms with Crippen LogP contribution in [0.2, 0.25) is 0 Å². The molecule has 8 heteroatoms. The Labute approximate surface area is 209 Å². The molecule has 36 heavy (non-hydrogen) atoms. The number of carboxylic acid groups (broad SMARTS) is 1. The van der Waals surface area contributed by atoms with Crippen molar-refractivity contribution >= 4 is 5.97 Å². The molecular weight excluding hydrogens is 456 g/mol. The Hall–Kier alpha value is -4.17. The summed E-state index contributed by atoms with van der Waals surface area (Å²) in [5.74, 6) is 0.214. The minimum absolute atomic E-state index is 0.0269. The summed E-state index contributed by atoms with van der Waals surface area (Å²) in [7, 11) is 3.56. The lowest BCUT2D eigenvalue weighted by Gasteiger charge is -2.25. The van der Waals surface area contributed by atoms with Gasteiger partial charge in [0, 0.05) is 18.7 Å². The molecule has 5 rings (SSSR count). The Bertz CT molecular complexity index is 1430. The van der Waals surface area contributed by atoms with Gasteiger partial charge in [0.25, 0.3) is 0 Å². The number of para-hydroxylation sites is 1. The largest absolute Gasteiger partial charge is 0.488 e. The Morgan fingerprint density at radius 2 is 1.94 bits per heavy atom. The highest BCUT2D eigenvalue weighted by Crippen LogP contribution is 2.34. The number of rotatable bonds is 7. The second-order valence-corrected chi connectivity index (χ2v) is 9.00. The summed E-state index contributed by atoms with van der Waals surface area (Å²) < 4.78 is 13.1. The normalized spacial score (nSPS) is 13.3. The second-order valence-electron chi connectivity index (χ2n) is 9.00. The van der Waals surface area contributed by atoms with Gasteiger partial charge in [-0.3, -0.25) is 0 Å². The first kappa shape index (κ1) is 23.6. The summed E-state index contributed by atoms with van der Waals surface area (Å²) in [4.78, 5) is 18.6. The summed E-state index contributed by atoms with van der Waals surface area (Å²) in [6.07, 6.45) is 2.31. The van der Waals surface area contributed by atoms with Gasteiger partial charge in [-0.25, -0.2) is 9.78 Å². The molecule has 0 atom stereocenters. The van der Waals surface area contributed by atoms with Gasteiger partial charge in [-0.1, -0.05) is 36.4 Å². The van der Waals surface area contributed by atoms with E-state index in [0.29, 0.717) is 18.1 Å². The molecule has 0 radical (unpaired) electrons. The number of aryl methyl sites for hydroxylation is 1. The van der Waals surface area contributed by atoms with Crippen molar-refractivity contribution in [3.63, 3.8) is 0 Å². The number of aromatic nitrogens is 3. The van der Waals surface area contributed by atoms with Crippen molar-refractivity contribution in [1.29, 1.82) is 0 Å². The Morgan fingerprint density at radius 3 is 2.75 bits per heavy atom. The monoisotopic (exact) mass is 484 g/mol. The van der Waals surface area contributed by atoms with Gasteiger partial charge in [0.05, 0.1) is 19.0 Å². The molecule has 184 valence electrons. The van der Waals surface area contributed by atoms with Gasteiger partial charge in [0.1, 0.15) is 17.9 Å². The van der Waals surface area contributed by atoms with Crippen LogP contribution in [0.3, 0.4) is 0 Å². The quantitative estimate of drug-likeness (QED) is 0.413. The lowest BCUT2D eigenvalue weighted by Crippen LogP contribution is -2.26. The fourth-order valence-electron chi connectivity index (χ4n) is 4.57. The standard InChI is InChI=1S/C28H28N4O4/c1-18-6-4-7-22(26(18)36-17-19-10-11-21-16-31(2)13-12-20(21)14-19)24-8-5-9-25(30-24)32-27(35-3)23(15-29-32)28(33)34/h4-11,14-15H,12-13,16-17H2,1-3H3,(H,33,34). The van der Waals surface area contributed by atoms with E-state index in [-0.39, 0.29) is 11.4 Å². The van der Waals surface area contributed by atoms with E-state index in [1.165, 1.54) is 29.1 Å². The number of hydrogen-bond acceptors (Lipinski definition) is 6. The Morgan fingerprint density at radius 1 is 1.11 bits per heavy atom. The van der Waals surface area contributed by atoms with E-state index in [4.69, 9.17) is 14.5 Å². The van der Waals surface area contributed by atoms with Crippen LogP contribution in [0.5, 0.6) is 11.6 Å². The van der Waals surface area contributed by atoms with Crippen molar-refractivity contribution in [3.8, 4) is 28.7 Å². The van der Waals surface area contributed by atoms with Gasteiger partial charge in [0.15, 0.2) is 5.82 Å². The number of aromatic carboxylic acids is 1. The molecule has 0 saturated heterocycles. The zero-order valence-corrected chi connectivity index (χ0v) is 20.6. The smallest absolute Gasteiger partial charge is 0.342 e. The van der Waals surface area contributed by atoms with Crippen LogP contribution in [-0.2, 0) is 19.6 Å². The predicted octanol–water partition coefficient (Wildman–Crippen LogP) is 4.52. The molecule has 1 aliphatic heterocycles. The summed E-state index contributed by atoms with van der Waals surface area (Å²) in [6.45, 7) is 4.52. The highest BCUT2D eigenvalue weighted by atomic mass is 16.5. The molecule has 2 aromatic carbocycles. The number of nitrogens with zero attached hydrogens (tertiary/aromatic N) is 4. The first-order chi connectivity index (χ1) is 17.4. The van der Waals surface area contributed by atoms with Crippen molar-refractivity contribution in [2.24, 2.45) is 0 Å². The number of hydrogen-bond donors (Lipinski definition) is 1. The molecule has 1 N–H and O–H groups in total. The molecule has 0 unspecified atom stereocenters. The number of likely N-dealkylation sites (N-methyl/N-ethyl adjacent to an activating group) is 1. The fraction of sp³-hybridized carbons (Fsp3) is 0.250. The van der Waals surface area contributed by atoms with Crippen molar-refractivity contribution in [3.05, 3.63) is 88.6 Å². The van der Waals surface area contributed by atoms with Crippen LogP contribution < -0.4 is 9.47 Å². The molecule has 0 fully saturated rings. The predicted molar refractivity (Wildman–Crippen MR) is 136 cm³/mol. The van der Waals surface area contributed by atoms with Gasteiger partial charge < -0.3 is 19.5 Å². The molecule has 1 aliphatic rings. The third-order valence-corrected chi connectivity index (χ3v) is 6.45. The van der Waals surface area contributed by atoms with Crippen LogP contribution in [0.4, 0.5) is 0 Å². The molecule has 4 aromatic rings. The summed E-state index contributed by atoms with van der Waals surface area (Å²) >= 11 is 0. The average Bonchev–Trinajstić information content (AvgIpc) is 3.32. The zero-order valence-electron chi connectivity index (χ0n) is 20.6. The van der Waals surface area contributed by atoms with Crippen molar-refractivity contribution < 1.29 is 19.4 Å². The minimum Gasteiger partial charge on any atom is -0.488 e. The van der Waals surface area contributed by atoms with E-state index in [1.807, 2.05) is 37.3 Å². The second kappa shape index (κ2) is 9.83. The maximum absolute atomic E-state index is 11.5. The minimum atomic E-state index is -1.11. The number of benzene rings is 2. The topological polar surface area (TPSA) is 89.7 Å². The lowest BCUT2D eigenvalue weighted by atomic mass is 9.98. The third kappa shape index (κ3) is 4.55. The number of carbonyl (C=O) groups is 1. The van der Waals surface area contributed by atoms with Gasteiger partial charge in [-0.2, -0.15) is 9.78 Å². The molecular formula is C28H28N4O4. The summed E-state index contributed by atoms with van der Waals surface area (Å²) in [5.41, 5.74) is 6.42. The number of fused-ring (bicyclic) bond motifs is 1. The molecule has 0 aliphatic carbocycles. The van der Waals surface area contributed by atoms with Crippen LogP contribution in [-0.4, -0.2) is 51.4 Å². The zero-order chi connectivity index (χ0) is 25.2. The number of methoxy groups -OCH3 is 1. The van der Waals surface area contributed by atoms with Crippen molar-refractivity contribution in [2.75, 3.05) is 20.7 Å². The molecule has 0 bridgehead atoms. The molecule has 0 saturated carbocycles. The van der Waals surface area contributed by atoms with Gasteiger partial charge in [-0.05, 0) is 60.8 Å². The van der Waals surface area contributed by atoms with E-state index in [0.717, 1.165) is 42.0 Å². The Kier molecular flexibility index (Phi) is 6.43. The molecule has 8 nitrogen and oxygen atoms in total. The highest BCUT2D eigenvalue weighted by Gasteiger charge is 2.20. The van der Waals surface area contributed by atoms with E-state index in [9.17, 15) is 9.90 Å². The number of pyridine rings is 1. The van der Waals surface area contributed by atoms with Crippen LogP contribution in [0.15, 0.2) is 60.8 Å². The summed E-state index contributed by atoms with van der Waals surface area (Å²) in [5, 5.41) is 13.6. The Balaban J connectivity index is 1.44. The van der Waals surface area contributed by atoms with Crippen molar-refractivity contribution in [2.45, 2.75) is 26.5 Å². The van der Waals surface area contributed by atoms with E-state index in [1.54, 1.807) is 6.07 Å². The third-order valence-electron chi connectivity index (χ3n) is 6.45. The maximum atomic E-state index is 11.5. The molecule has 2 aromatic heterocycles. The molecule has 0 amide bonds. The van der Waals surface area contributed by atoms with E-state index in [2.05, 4.69) is 35.2 Å². The van der Waals surface area contributed by atoms with Crippen LogP contribution in [0.25, 0.3) is 17.1 Å². The summed E-state index contributed by atoms with van der Waals surface area (Å²) in [6, 6.07) is 18.1. The first-order valence-electron chi connectivity index (χ1n) is 11.8. The molecule has 3 heterocycles. The first-order valence-corrected chi connectivity index (χ1v) is 11.8. The number of ether oxygens (including phenoxy) is 2. The van der Waals surface area contributed by atoms with E-state index < -0.39 is 5.97 Å². The molecule has 0 spiro atoms. The maximum Gasteiger partial charge on any atom is 0.342 e. The van der Waals surface area contributed by atoms with Crippen LogP contribution >= 0.6 is 0 Å². The lowest BCUT2D eigenvalue weighted by molar-refractivity contribution is 0.0693. The fourth-order valence-corrected chi connectivity index (χ4v) is 4.57. The number of carboxylic acids is 1. The van der Waals surface area contributed by atoms with Crippen molar-refractivity contribution in [1.82, 2.24) is 19.7 Å². The highest BCUT2D eigenvalue weighted by molar-refractivity contribution is 5.90. The van der Waals surface area contributed by atoms with E-state index >= 15 is 0 Å². The van der Waals surface area contributed by atoms with Gasteiger partial charge in [0.2, 0.25) is 5.88 Å². The SMILES string of the molecule is COc1c(C(=O)O)cnn1-c1cccc(-c2cccc(C)c2OCc2ccc3c(c2)CCN(C)C3)n1. The van der Waals surface area contributed by atoms with Gasteiger partial charge >= 0.3 is 5.97 Å². The van der Waals surface area contributed by atoms with Crippen LogP contribution in [0, 0.1) is 6.92 Å². The average molecular weight is 485 g/mol. The van der Waals surface area contributed by atoms with Crippen LogP contribution in [0.1, 0.15) is 32.6 Å².